The number of pyridine rings is 1. The molecule has 0 saturated heterocycles. The highest BCUT2D eigenvalue weighted by Crippen LogP contribution is 2.31. The minimum Gasteiger partial charge on any atom is -0.496 e. The van der Waals surface area contributed by atoms with Crippen LogP contribution in [-0.4, -0.2) is 12.1 Å². The Balaban J connectivity index is 3.27. The third kappa shape index (κ3) is 2.03. The van der Waals surface area contributed by atoms with Crippen LogP contribution in [0.1, 0.15) is 23.2 Å². The lowest BCUT2D eigenvalue weighted by atomic mass is 10.1. The van der Waals surface area contributed by atoms with E-state index in [-0.39, 0.29) is 5.69 Å². The van der Waals surface area contributed by atoms with Gasteiger partial charge < -0.3 is 4.74 Å². The van der Waals surface area contributed by atoms with Gasteiger partial charge in [-0.25, -0.2) is 8.78 Å². The first-order valence-corrected chi connectivity index (χ1v) is 5.10. The first kappa shape index (κ1) is 11.4. The number of hydrogen-bond donors (Lipinski definition) is 0. The zero-order valence-electron chi connectivity index (χ0n) is 7.85. The van der Waals surface area contributed by atoms with Crippen molar-refractivity contribution in [2.75, 3.05) is 7.11 Å². The number of hydrogen-bond acceptors (Lipinski definition) is 2. The average molecular weight is 266 g/mol. The van der Waals surface area contributed by atoms with E-state index < -0.39 is 6.43 Å². The van der Waals surface area contributed by atoms with Gasteiger partial charge in [-0.3, -0.25) is 4.98 Å². The van der Waals surface area contributed by atoms with Crippen molar-refractivity contribution in [3.8, 4) is 5.75 Å². The molecule has 0 unspecified atom stereocenters. The summed E-state index contributed by atoms with van der Waals surface area (Å²) in [4.78, 5) is 3.70. The number of aromatic nitrogens is 1. The molecular formula is C9H10BrF2NO. The first-order valence-electron chi connectivity index (χ1n) is 3.98. The Morgan fingerprint density at radius 1 is 1.57 bits per heavy atom. The molecule has 0 atom stereocenters. The van der Waals surface area contributed by atoms with Crippen molar-refractivity contribution < 1.29 is 13.5 Å². The maximum atomic E-state index is 12.5. The molecule has 0 saturated carbocycles. The summed E-state index contributed by atoms with van der Waals surface area (Å²) in [6.07, 6.45) is -1.16. The predicted octanol–water partition coefficient (Wildman–Crippen LogP) is 3.23. The molecule has 0 aliphatic heterocycles. The molecule has 1 aromatic rings. The Hall–Kier alpha value is -0.710. The van der Waals surface area contributed by atoms with Gasteiger partial charge in [-0.15, -0.1) is 0 Å². The summed E-state index contributed by atoms with van der Waals surface area (Å²) in [6.45, 7) is 1.58. The molecule has 14 heavy (non-hydrogen) atoms. The third-order valence-electron chi connectivity index (χ3n) is 1.93. The van der Waals surface area contributed by atoms with Crippen LogP contribution in [0.5, 0.6) is 5.75 Å². The SMILES string of the molecule is COc1c(CBr)cnc(C(F)F)c1C. The van der Waals surface area contributed by atoms with Crippen LogP contribution in [-0.2, 0) is 5.33 Å². The highest BCUT2D eigenvalue weighted by Gasteiger charge is 2.17. The van der Waals surface area contributed by atoms with Gasteiger partial charge in [0.1, 0.15) is 11.4 Å². The van der Waals surface area contributed by atoms with Crippen LogP contribution in [0.3, 0.4) is 0 Å². The normalized spacial score (nSPS) is 10.7. The minimum absolute atomic E-state index is 0.216. The van der Waals surface area contributed by atoms with E-state index in [1.807, 2.05) is 0 Å². The van der Waals surface area contributed by atoms with Crippen LogP contribution < -0.4 is 4.74 Å². The third-order valence-corrected chi connectivity index (χ3v) is 2.53. The molecule has 0 aliphatic carbocycles. The Kier molecular flexibility index (Phi) is 3.80. The van der Waals surface area contributed by atoms with Crippen molar-refractivity contribution in [2.45, 2.75) is 18.7 Å². The van der Waals surface area contributed by atoms with E-state index in [1.54, 1.807) is 6.92 Å². The molecule has 1 aromatic heterocycles. The number of methoxy groups -OCH3 is 1. The predicted molar refractivity (Wildman–Crippen MR) is 53.1 cm³/mol. The van der Waals surface area contributed by atoms with E-state index in [0.29, 0.717) is 16.6 Å². The monoisotopic (exact) mass is 265 g/mol. The smallest absolute Gasteiger partial charge is 0.280 e. The van der Waals surface area contributed by atoms with Gasteiger partial charge in [0.2, 0.25) is 0 Å². The summed E-state index contributed by atoms with van der Waals surface area (Å²) in [7, 11) is 1.46. The second-order valence-electron chi connectivity index (χ2n) is 2.76. The summed E-state index contributed by atoms with van der Waals surface area (Å²) in [5, 5.41) is 0.535. The van der Waals surface area contributed by atoms with Crippen LogP contribution in [0.15, 0.2) is 6.20 Å². The highest BCUT2D eigenvalue weighted by atomic mass is 79.9. The van der Waals surface area contributed by atoms with Crippen LogP contribution in [0.25, 0.3) is 0 Å². The molecule has 0 N–H and O–H groups in total. The molecule has 0 aliphatic rings. The number of halogens is 3. The summed E-state index contributed by atoms with van der Waals surface area (Å²) >= 11 is 3.24. The maximum absolute atomic E-state index is 12.5. The lowest BCUT2D eigenvalue weighted by molar-refractivity contribution is 0.144. The molecule has 0 radical (unpaired) electrons. The van der Waals surface area contributed by atoms with E-state index in [2.05, 4.69) is 20.9 Å². The first-order chi connectivity index (χ1) is 6.61. The summed E-state index contributed by atoms with van der Waals surface area (Å²) in [5.41, 5.74) is 0.959. The summed E-state index contributed by atoms with van der Waals surface area (Å²) < 4.78 is 30.0. The van der Waals surface area contributed by atoms with Gasteiger partial charge >= 0.3 is 0 Å². The molecule has 0 fully saturated rings. The number of rotatable bonds is 3. The lowest BCUT2D eigenvalue weighted by Gasteiger charge is -2.12. The van der Waals surface area contributed by atoms with Crippen molar-refractivity contribution in [2.24, 2.45) is 0 Å². The van der Waals surface area contributed by atoms with E-state index in [0.717, 1.165) is 5.56 Å². The minimum atomic E-state index is -2.56. The van der Waals surface area contributed by atoms with E-state index in [9.17, 15) is 8.78 Å². The van der Waals surface area contributed by atoms with E-state index in [4.69, 9.17) is 4.74 Å². The van der Waals surface area contributed by atoms with Crippen molar-refractivity contribution in [3.63, 3.8) is 0 Å². The molecule has 0 bridgehead atoms. The molecule has 0 amide bonds. The van der Waals surface area contributed by atoms with Crippen LogP contribution in [0, 0.1) is 6.92 Å². The number of ether oxygens (including phenoxy) is 1. The number of alkyl halides is 3. The molecule has 78 valence electrons. The maximum Gasteiger partial charge on any atom is 0.280 e. The Morgan fingerprint density at radius 3 is 2.64 bits per heavy atom. The molecular weight excluding hydrogens is 256 g/mol. The fourth-order valence-electron chi connectivity index (χ4n) is 1.26. The summed E-state index contributed by atoms with van der Waals surface area (Å²) in [6, 6.07) is 0. The van der Waals surface area contributed by atoms with Crippen LogP contribution in [0.2, 0.25) is 0 Å². The fourth-order valence-corrected chi connectivity index (χ4v) is 1.66. The highest BCUT2D eigenvalue weighted by molar-refractivity contribution is 9.08. The second-order valence-corrected chi connectivity index (χ2v) is 3.32. The fraction of sp³-hybridized carbons (Fsp3) is 0.444. The topological polar surface area (TPSA) is 22.1 Å². The zero-order valence-corrected chi connectivity index (χ0v) is 9.44. The van der Waals surface area contributed by atoms with Gasteiger partial charge in [-0.2, -0.15) is 0 Å². The lowest BCUT2D eigenvalue weighted by Crippen LogP contribution is -2.01. The van der Waals surface area contributed by atoms with Gasteiger partial charge in [-0.1, -0.05) is 15.9 Å². The summed E-state index contributed by atoms with van der Waals surface area (Å²) in [5.74, 6) is 0.479. The van der Waals surface area contributed by atoms with E-state index >= 15 is 0 Å². The standard InChI is InChI=1S/C9H10BrF2NO/c1-5-7(9(11)12)13-4-6(3-10)8(5)14-2/h4,9H,3H2,1-2H3. The van der Waals surface area contributed by atoms with Crippen molar-refractivity contribution in [3.05, 3.63) is 23.0 Å². The van der Waals surface area contributed by atoms with Crippen molar-refractivity contribution in [1.82, 2.24) is 4.98 Å². The number of nitrogens with zero attached hydrogens (tertiary/aromatic N) is 1. The molecule has 1 heterocycles. The van der Waals surface area contributed by atoms with E-state index in [1.165, 1.54) is 13.3 Å². The van der Waals surface area contributed by atoms with Gasteiger partial charge in [0, 0.05) is 22.7 Å². The van der Waals surface area contributed by atoms with Crippen LogP contribution >= 0.6 is 15.9 Å². The average Bonchev–Trinajstić information content (AvgIpc) is 2.16. The van der Waals surface area contributed by atoms with Crippen LogP contribution in [0.4, 0.5) is 8.78 Å². The molecule has 0 spiro atoms. The van der Waals surface area contributed by atoms with Crippen molar-refractivity contribution in [1.29, 1.82) is 0 Å². The largest absolute Gasteiger partial charge is 0.496 e. The Morgan fingerprint density at radius 2 is 2.21 bits per heavy atom. The molecule has 2 nitrogen and oxygen atoms in total. The molecule has 1 rings (SSSR count). The van der Waals surface area contributed by atoms with Gasteiger partial charge in [-0.05, 0) is 6.92 Å². The van der Waals surface area contributed by atoms with Gasteiger partial charge in [0.05, 0.1) is 7.11 Å². The molecule has 5 heteroatoms. The molecule has 0 aromatic carbocycles. The zero-order chi connectivity index (χ0) is 10.7. The Labute approximate surface area is 89.4 Å². The second kappa shape index (κ2) is 4.68. The Bertz CT molecular complexity index is 331. The quantitative estimate of drug-likeness (QED) is 0.783. The van der Waals surface area contributed by atoms with Gasteiger partial charge in [0.15, 0.2) is 0 Å². The van der Waals surface area contributed by atoms with Crippen molar-refractivity contribution >= 4 is 15.9 Å². The van der Waals surface area contributed by atoms with Gasteiger partial charge in [0.25, 0.3) is 6.43 Å².